The molecule has 0 aliphatic carbocycles. The van der Waals surface area contributed by atoms with E-state index < -0.39 is 5.60 Å². The van der Waals surface area contributed by atoms with Gasteiger partial charge in [0.15, 0.2) is 0 Å². The normalized spacial score (nSPS) is 19.3. The Bertz CT molecular complexity index is 537. The van der Waals surface area contributed by atoms with E-state index >= 15 is 0 Å². The second-order valence-electron chi connectivity index (χ2n) is 7.66. The lowest BCUT2D eigenvalue weighted by molar-refractivity contribution is 0.00571. The van der Waals surface area contributed by atoms with Gasteiger partial charge in [-0.1, -0.05) is 12.1 Å². The van der Waals surface area contributed by atoms with Gasteiger partial charge in [-0.25, -0.2) is 4.79 Å². The van der Waals surface area contributed by atoms with Crippen molar-refractivity contribution < 1.29 is 9.53 Å². The Morgan fingerprint density at radius 2 is 1.92 bits per heavy atom. The molecule has 2 rings (SSSR count). The summed E-state index contributed by atoms with van der Waals surface area (Å²) in [6, 6.07) is 8.46. The van der Waals surface area contributed by atoms with Gasteiger partial charge in [0, 0.05) is 31.4 Å². The summed E-state index contributed by atoms with van der Waals surface area (Å²) >= 11 is 0. The first-order chi connectivity index (χ1) is 11.2. The molecular weight excluding hydrogens is 302 g/mol. The minimum atomic E-state index is -0.434. The first-order valence-corrected chi connectivity index (χ1v) is 8.81. The largest absolute Gasteiger partial charge is 0.444 e. The lowest BCUT2D eigenvalue weighted by atomic mass is 10.1. The molecule has 0 saturated carbocycles. The molecular formula is C19H31N3O2. The van der Waals surface area contributed by atoms with E-state index in [1.807, 2.05) is 37.8 Å². The highest BCUT2D eigenvalue weighted by atomic mass is 16.6. The van der Waals surface area contributed by atoms with Crippen LogP contribution in [-0.4, -0.2) is 53.7 Å². The topological polar surface area (TPSA) is 58.8 Å². The van der Waals surface area contributed by atoms with E-state index in [9.17, 15) is 4.79 Å². The number of nitrogen functional groups attached to an aromatic ring is 1. The molecule has 0 bridgehead atoms. The molecule has 1 fully saturated rings. The second kappa shape index (κ2) is 7.88. The van der Waals surface area contributed by atoms with Crippen molar-refractivity contribution in [3.05, 3.63) is 29.8 Å². The monoisotopic (exact) mass is 333 g/mol. The van der Waals surface area contributed by atoms with Crippen LogP contribution in [0.3, 0.4) is 0 Å². The van der Waals surface area contributed by atoms with Crippen LogP contribution >= 0.6 is 0 Å². The van der Waals surface area contributed by atoms with Crippen LogP contribution in [0.15, 0.2) is 24.3 Å². The van der Waals surface area contributed by atoms with E-state index in [-0.39, 0.29) is 6.09 Å². The molecule has 5 nitrogen and oxygen atoms in total. The van der Waals surface area contributed by atoms with E-state index in [0.29, 0.717) is 6.04 Å². The van der Waals surface area contributed by atoms with Crippen molar-refractivity contribution in [3.63, 3.8) is 0 Å². The Hall–Kier alpha value is -1.75. The van der Waals surface area contributed by atoms with Gasteiger partial charge in [-0.15, -0.1) is 0 Å². The summed E-state index contributed by atoms with van der Waals surface area (Å²) in [5.41, 5.74) is 7.42. The summed E-state index contributed by atoms with van der Waals surface area (Å²) in [6.07, 6.45) is 1.97. The fraction of sp³-hybridized carbons (Fsp3) is 0.632. The fourth-order valence-electron chi connectivity index (χ4n) is 2.99. The number of nitrogens with zero attached hydrogens (tertiary/aromatic N) is 2. The number of rotatable bonds is 4. The van der Waals surface area contributed by atoms with E-state index in [4.69, 9.17) is 10.5 Å². The summed E-state index contributed by atoms with van der Waals surface area (Å²) in [5.74, 6) is 0. The van der Waals surface area contributed by atoms with E-state index in [1.54, 1.807) is 0 Å². The third-order valence-electron chi connectivity index (χ3n) is 4.31. The van der Waals surface area contributed by atoms with E-state index in [0.717, 1.165) is 44.7 Å². The molecule has 1 unspecified atom stereocenters. The average Bonchev–Trinajstić information content (AvgIpc) is 2.49. The quantitative estimate of drug-likeness (QED) is 0.860. The van der Waals surface area contributed by atoms with Crippen molar-refractivity contribution in [1.82, 2.24) is 9.80 Å². The van der Waals surface area contributed by atoms with Crippen molar-refractivity contribution in [3.8, 4) is 0 Å². The second-order valence-corrected chi connectivity index (χ2v) is 7.66. The van der Waals surface area contributed by atoms with Crippen LogP contribution in [0, 0.1) is 0 Å². The number of carbonyl (C=O) groups is 1. The standard InChI is InChI=1S/C19H31N3O2/c1-15-14-22(18(23)24-19(2,3)4)13-12-21(15)11-5-6-16-7-9-17(20)10-8-16/h7-10,15H,5-6,11-14,20H2,1-4H3. The summed E-state index contributed by atoms with van der Waals surface area (Å²) in [4.78, 5) is 16.4. The van der Waals surface area contributed by atoms with Crippen LogP contribution in [0.25, 0.3) is 0 Å². The third-order valence-corrected chi connectivity index (χ3v) is 4.31. The Kier molecular flexibility index (Phi) is 6.10. The molecule has 1 amide bonds. The molecule has 1 heterocycles. The Morgan fingerprint density at radius 1 is 1.25 bits per heavy atom. The van der Waals surface area contributed by atoms with Crippen LogP contribution in [0.2, 0.25) is 0 Å². The van der Waals surface area contributed by atoms with Crippen molar-refractivity contribution >= 4 is 11.8 Å². The number of piperazine rings is 1. The lowest BCUT2D eigenvalue weighted by Gasteiger charge is -2.40. The minimum Gasteiger partial charge on any atom is -0.444 e. The molecule has 1 aromatic carbocycles. The number of carbonyl (C=O) groups excluding carboxylic acids is 1. The third kappa shape index (κ3) is 5.71. The van der Waals surface area contributed by atoms with Gasteiger partial charge < -0.3 is 15.4 Å². The summed E-state index contributed by atoms with van der Waals surface area (Å²) in [5, 5.41) is 0. The van der Waals surface area contributed by atoms with Gasteiger partial charge in [0.2, 0.25) is 0 Å². The van der Waals surface area contributed by atoms with Crippen LogP contribution in [0.5, 0.6) is 0 Å². The molecule has 5 heteroatoms. The first-order valence-electron chi connectivity index (χ1n) is 8.81. The van der Waals surface area contributed by atoms with Crippen LogP contribution in [-0.2, 0) is 11.2 Å². The number of amides is 1. The van der Waals surface area contributed by atoms with Gasteiger partial charge in [-0.05, 0) is 64.8 Å². The SMILES string of the molecule is CC1CN(C(=O)OC(C)(C)C)CCN1CCCc1ccc(N)cc1. The molecule has 1 atom stereocenters. The van der Waals surface area contributed by atoms with Crippen LogP contribution < -0.4 is 5.73 Å². The maximum atomic E-state index is 12.2. The summed E-state index contributed by atoms with van der Waals surface area (Å²) in [6.45, 7) is 11.3. The van der Waals surface area contributed by atoms with Crippen molar-refractivity contribution in [1.29, 1.82) is 0 Å². The van der Waals surface area contributed by atoms with E-state index in [1.165, 1.54) is 5.56 Å². The maximum Gasteiger partial charge on any atom is 0.410 e. The highest BCUT2D eigenvalue weighted by Gasteiger charge is 2.29. The lowest BCUT2D eigenvalue weighted by Crippen LogP contribution is -2.54. The minimum absolute atomic E-state index is 0.198. The maximum absolute atomic E-state index is 12.2. The Labute approximate surface area is 145 Å². The zero-order chi connectivity index (χ0) is 17.7. The molecule has 1 aliphatic heterocycles. The van der Waals surface area contributed by atoms with Crippen molar-refractivity contribution in [2.24, 2.45) is 0 Å². The van der Waals surface area contributed by atoms with Gasteiger partial charge in [0.1, 0.15) is 5.60 Å². The molecule has 1 saturated heterocycles. The number of anilines is 1. The molecule has 1 aliphatic rings. The predicted molar refractivity (Wildman–Crippen MR) is 98.0 cm³/mol. The number of nitrogens with two attached hydrogens (primary N) is 1. The van der Waals surface area contributed by atoms with Gasteiger partial charge in [0.05, 0.1) is 0 Å². The number of hydrogen-bond donors (Lipinski definition) is 1. The Balaban J connectivity index is 1.75. The highest BCUT2D eigenvalue weighted by molar-refractivity contribution is 5.68. The van der Waals surface area contributed by atoms with Crippen LogP contribution in [0.4, 0.5) is 10.5 Å². The van der Waals surface area contributed by atoms with Crippen molar-refractivity contribution in [2.75, 3.05) is 31.9 Å². The summed E-state index contributed by atoms with van der Waals surface area (Å²) in [7, 11) is 0. The molecule has 2 N–H and O–H groups in total. The van der Waals surface area contributed by atoms with Crippen molar-refractivity contribution in [2.45, 2.75) is 52.2 Å². The number of benzene rings is 1. The molecule has 0 radical (unpaired) electrons. The zero-order valence-electron chi connectivity index (χ0n) is 15.4. The molecule has 134 valence electrons. The molecule has 0 aromatic heterocycles. The number of hydrogen-bond acceptors (Lipinski definition) is 4. The fourth-order valence-corrected chi connectivity index (χ4v) is 2.99. The Morgan fingerprint density at radius 3 is 2.50 bits per heavy atom. The number of aryl methyl sites for hydroxylation is 1. The van der Waals surface area contributed by atoms with E-state index in [2.05, 4.69) is 24.0 Å². The summed E-state index contributed by atoms with van der Waals surface area (Å²) < 4.78 is 5.47. The first kappa shape index (κ1) is 18.6. The van der Waals surface area contributed by atoms with Gasteiger partial charge >= 0.3 is 6.09 Å². The molecule has 1 aromatic rings. The zero-order valence-corrected chi connectivity index (χ0v) is 15.4. The number of ether oxygens (including phenoxy) is 1. The average molecular weight is 333 g/mol. The van der Waals surface area contributed by atoms with Gasteiger partial charge in [-0.3, -0.25) is 4.90 Å². The smallest absolute Gasteiger partial charge is 0.410 e. The van der Waals surface area contributed by atoms with Gasteiger partial charge in [0.25, 0.3) is 0 Å². The van der Waals surface area contributed by atoms with Gasteiger partial charge in [-0.2, -0.15) is 0 Å². The predicted octanol–water partition coefficient (Wildman–Crippen LogP) is 3.14. The van der Waals surface area contributed by atoms with Crippen LogP contribution in [0.1, 0.15) is 39.7 Å². The highest BCUT2D eigenvalue weighted by Crippen LogP contribution is 2.16. The molecule has 0 spiro atoms. The molecule has 24 heavy (non-hydrogen) atoms.